The molecule has 0 saturated carbocycles. The van der Waals surface area contributed by atoms with Crippen molar-refractivity contribution in [1.29, 1.82) is 0 Å². The van der Waals surface area contributed by atoms with E-state index in [0.717, 1.165) is 16.6 Å². The Morgan fingerprint density at radius 2 is 1.87 bits per heavy atom. The minimum atomic E-state index is 0.246. The second kappa shape index (κ2) is 7.90. The molecule has 0 spiro atoms. The number of ether oxygens (including phenoxy) is 1. The molecule has 8 nitrogen and oxygen atoms in total. The fourth-order valence-corrected chi connectivity index (χ4v) is 3.65. The normalized spacial score (nSPS) is 11.1. The van der Waals surface area contributed by atoms with Gasteiger partial charge in [-0.1, -0.05) is 34.4 Å². The van der Waals surface area contributed by atoms with Crippen molar-refractivity contribution in [3.05, 3.63) is 64.8 Å². The number of hydrogen-bond acceptors (Lipinski definition) is 7. The van der Waals surface area contributed by atoms with Crippen molar-refractivity contribution >= 4 is 45.9 Å². The van der Waals surface area contributed by atoms with Crippen LogP contribution in [-0.4, -0.2) is 32.3 Å². The molecule has 0 bridgehead atoms. The first-order chi connectivity index (χ1) is 15.1. The highest BCUT2D eigenvalue weighted by Gasteiger charge is 2.15. The van der Waals surface area contributed by atoms with Gasteiger partial charge in [0.2, 0.25) is 11.8 Å². The number of methoxy groups -OCH3 is 1. The molecule has 0 aliphatic heterocycles. The molecule has 5 rings (SSSR count). The van der Waals surface area contributed by atoms with Crippen LogP contribution in [0.5, 0.6) is 5.88 Å². The third-order valence-electron chi connectivity index (χ3n) is 4.55. The molecule has 0 amide bonds. The number of nitrogens with one attached hydrogen (secondary N) is 2. The summed E-state index contributed by atoms with van der Waals surface area (Å²) in [5, 5.41) is 12.2. The molecule has 0 fully saturated rings. The number of rotatable bonds is 5. The maximum absolute atomic E-state index is 6.31. The summed E-state index contributed by atoms with van der Waals surface area (Å²) in [6, 6.07) is 14.7. The molecule has 31 heavy (non-hydrogen) atoms. The highest BCUT2D eigenvalue weighted by molar-refractivity contribution is 6.39. The van der Waals surface area contributed by atoms with Gasteiger partial charge in [-0.05, 0) is 36.4 Å². The first-order valence-electron chi connectivity index (χ1n) is 9.16. The molecular weight excluding hydrogens is 439 g/mol. The Morgan fingerprint density at radius 3 is 2.61 bits per heavy atom. The van der Waals surface area contributed by atoms with E-state index in [-0.39, 0.29) is 6.01 Å². The Balaban J connectivity index is 1.43. The largest absolute Gasteiger partial charge is 0.481 e. The van der Waals surface area contributed by atoms with Crippen LogP contribution >= 0.6 is 23.2 Å². The second-order valence-corrected chi connectivity index (χ2v) is 7.36. The lowest BCUT2D eigenvalue weighted by Crippen LogP contribution is -1.92. The van der Waals surface area contributed by atoms with Gasteiger partial charge in [0.25, 0.3) is 0 Å². The number of halogens is 2. The van der Waals surface area contributed by atoms with Crippen molar-refractivity contribution in [3.8, 4) is 28.7 Å². The fourth-order valence-electron chi connectivity index (χ4n) is 3.07. The van der Waals surface area contributed by atoms with Crippen molar-refractivity contribution in [3.63, 3.8) is 0 Å². The third-order valence-corrected chi connectivity index (χ3v) is 5.18. The second-order valence-electron chi connectivity index (χ2n) is 6.54. The summed E-state index contributed by atoms with van der Waals surface area (Å²) in [7, 11) is 1.56. The molecule has 0 aliphatic carbocycles. The Hall–Kier alpha value is -3.62. The monoisotopic (exact) mass is 452 g/mol. The van der Waals surface area contributed by atoms with E-state index in [9.17, 15) is 0 Å². The standard InChI is InChI=1S/C21H14Cl2N6O2/c1-30-17-8-6-12(10-24-17)25-21-29-28-20(31-21)11-5-7-15-16(9-11)27-19(26-15)18-13(22)3-2-4-14(18)23/h2-10H,1H3,(H,25,29)(H,26,27). The average molecular weight is 453 g/mol. The molecule has 2 aromatic carbocycles. The van der Waals surface area contributed by atoms with Crippen LogP contribution in [0.2, 0.25) is 10.0 Å². The van der Waals surface area contributed by atoms with E-state index >= 15 is 0 Å². The zero-order valence-electron chi connectivity index (χ0n) is 16.1. The Labute approximate surface area is 186 Å². The molecule has 0 aliphatic rings. The summed E-state index contributed by atoms with van der Waals surface area (Å²) in [4.78, 5) is 12.0. The van der Waals surface area contributed by atoms with Gasteiger partial charge in [-0.3, -0.25) is 0 Å². The van der Waals surface area contributed by atoms with Crippen molar-refractivity contribution in [1.82, 2.24) is 25.1 Å². The molecular formula is C21H14Cl2N6O2. The lowest BCUT2D eigenvalue weighted by Gasteiger charge is -2.02. The van der Waals surface area contributed by atoms with E-state index in [1.165, 1.54) is 0 Å². The summed E-state index contributed by atoms with van der Waals surface area (Å²) in [6.45, 7) is 0. The Morgan fingerprint density at radius 1 is 1.03 bits per heavy atom. The van der Waals surface area contributed by atoms with Crippen molar-refractivity contribution < 1.29 is 9.15 Å². The van der Waals surface area contributed by atoms with E-state index in [0.29, 0.717) is 38.9 Å². The molecule has 0 atom stereocenters. The number of anilines is 2. The quantitative estimate of drug-likeness (QED) is 0.350. The molecule has 3 aromatic heterocycles. The van der Waals surface area contributed by atoms with Gasteiger partial charge in [-0.15, -0.1) is 5.10 Å². The van der Waals surface area contributed by atoms with E-state index in [4.69, 9.17) is 32.4 Å². The minimum absolute atomic E-state index is 0.246. The first kappa shape index (κ1) is 19.3. The number of pyridine rings is 1. The van der Waals surface area contributed by atoms with Crippen LogP contribution in [-0.2, 0) is 0 Å². The smallest absolute Gasteiger partial charge is 0.320 e. The number of nitrogens with zero attached hydrogens (tertiary/aromatic N) is 4. The van der Waals surface area contributed by atoms with Gasteiger partial charge < -0.3 is 19.5 Å². The number of hydrogen-bond donors (Lipinski definition) is 2. The van der Waals surface area contributed by atoms with Crippen LogP contribution in [0.15, 0.2) is 59.1 Å². The number of imidazole rings is 1. The van der Waals surface area contributed by atoms with Crippen LogP contribution in [0.4, 0.5) is 11.7 Å². The number of fused-ring (bicyclic) bond motifs is 1. The van der Waals surface area contributed by atoms with Gasteiger partial charge >= 0.3 is 6.01 Å². The summed E-state index contributed by atoms with van der Waals surface area (Å²) in [5.41, 5.74) is 3.64. The van der Waals surface area contributed by atoms with Gasteiger partial charge in [-0.2, -0.15) is 0 Å². The van der Waals surface area contributed by atoms with Gasteiger partial charge in [0, 0.05) is 11.6 Å². The van der Waals surface area contributed by atoms with Crippen LogP contribution in [0.1, 0.15) is 0 Å². The van der Waals surface area contributed by atoms with E-state index < -0.39 is 0 Å². The van der Waals surface area contributed by atoms with Crippen LogP contribution in [0.25, 0.3) is 33.9 Å². The zero-order chi connectivity index (χ0) is 21.4. The topological polar surface area (TPSA) is 102 Å². The molecule has 2 N–H and O–H groups in total. The van der Waals surface area contributed by atoms with Crippen LogP contribution in [0, 0.1) is 0 Å². The van der Waals surface area contributed by atoms with Gasteiger partial charge in [-0.25, -0.2) is 9.97 Å². The summed E-state index contributed by atoms with van der Waals surface area (Å²) in [6.07, 6.45) is 1.61. The van der Waals surface area contributed by atoms with Gasteiger partial charge in [0.15, 0.2) is 0 Å². The first-order valence-corrected chi connectivity index (χ1v) is 9.91. The molecule has 154 valence electrons. The lowest BCUT2D eigenvalue weighted by molar-refractivity contribution is 0.398. The maximum atomic E-state index is 6.31. The maximum Gasteiger partial charge on any atom is 0.320 e. The lowest BCUT2D eigenvalue weighted by atomic mass is 10.2. The Kier molecular flexibility index (Phi) is 4.93. The van der Waals surface area contributed by atoms with Gasteiger partial charge in [0.05, 0.1) is 45.6 Å². The number of aromatic nitrogens is 5. The van der Waals surface area contributed by atoms with Gasteiger partial charge in [0.1, 0.15) is 5.82 Å². The van der Waals surface area contributed by atoms with Crippen molar-refractivity contribution in [2.24, 2.45) is 0 Å². The highest BCUT2D eigenvalue weighted by Crippen LogP contribution is 2.34. The van der Waals surface area contributed by atoms with E-state index in [1.807, 2.05) is 18.2 Å². The highest BCUT2D eigenvalue weighted by atomic mass is 35.5. The summed E-state index contributed by atoms with van der Waals surface area (Å²) < 4.78 is 10.8. The Bertz CT molecular complexity index is 1360. The van der Waals surface area contributed by atoms with E-state index in [2.05, 4.69) is 30.5 Å². The molecule has 3 heterocycles. The van der Waals surface area contributed by atoms with Crippen molar-refractivity contribution in [2.45, 2.75) is 0 Å². The number of benzene rings is 2. The molecule has 5 aromatic rings. The minimum Gasteiger partial charge on any atom is -0.481 e. The number of aromatic amines is 1. The predicted molar refractivity (Wildman–Crippen MR) is 119 cm³/mol. The average Bonchev–Trinajstić information content (AvgIpc) is 3.40. The fraction of sp³-hybridized carbons (Fsp3) is 0.0476. The summed E-state index contributed by atoms with van der Waals surface area (Å²) >= 11 is 12.6. The molecule has 10 heteroatoms. The predicted octanol–water partition coefficient (Wildman–Crippen LogP) is 5.73. The molecule has 0 unspecified atom stereocenters. The molecule has 0 radical (unpaired) electrons. The van der Waals surface area contributed by atoms with E-state index in [1.54, 1.807) is 43.6 Å². The number of H-pyrrole nitrogens is 1. The zero-order valence-corrected chi connectivity index (χ0v) is 17.6. The third kappa shape index (κ3) is 3.78. The van der Waals surface area contributed by atoms with Crippen LogP contribution < -0.4 is 10.1 Å². The molecule has 0 saturated heterocycles. The van der Waals surface area contributed by atoms with Crippen molar-refractivity contribution in [2.75, 3.05) is 12.4 Å². The summed E-state index contributed by atoms with van der Waals surface area (Å²) in [5.74, 6) is 1.46. The SMILES string of the molecule is COc1ccc(Nc2nnc(-c3ccc4nc(-c5c(Cl)cccc5Cl)[nH]c4c3)o2)cn1. The van der Waals surface area contributed by atoms with Crippen LogP contribution in [0.3, 0.4) is 0 Å².